The molecule has 1 amide bonds. The van der Waals surface area contributed by atoms with E-state index in [1.54, 1.807) is 23.7 Å². The summed E-state index contributed by atoms with van der Waals surface area (Å²) >= 11 is 1.47. The SMILES string of the molecule is CCC(=O)N(C)c1cncs1. The number of hydrogen-bond acceptors (Lipinski definition) is 3. The Labute approximate surface area is 69.7 Å². The molecule has 0 unspecified atom stereocenters. The quantitative estimate of drug-likeness (QED) is 0.674. The van der Waals surface area contributed by atoms with Gasteiger partial charge in [0.25, 0.3) is 0 Å². The summed E-state index contributed by atoms with van der Waals surface area (Å²) in [6.07, 6.45) is 2.23. The third-order valence-corrected chi connectivity index (χ3v) is 2.27. The number of carbonyl (C=O) groups excluding carboxylic acids is 1. The lowest BCUT2D eigenvalue weighted by molar-refractivity contribution is -0.117. The largest absolute Gasteiger partial charge is 0.306 e. The molecule has 0 atom stereocenters. The maximum Gasteiger partial charge on any atom is 0.227 e. The van der Waals surface area contributed by atoms with Gasteiger partial charge >= 0.3 is 0 Å². The molecule has 0 N–H and O–H groups in total. The van der Waals surface area contributed by atoms with Crippen LogP contribution in [0.2, 0.25) is 0 Å². The molecule has 1 heterocycles. The fraction of sp³-hybridized carbons (Fsp3) is 0.429. The van der Waals surface area contributed by atoms with Crippen LogP contribution in [0.4, 0.5) is 5.00 Å². The summed E-state index contributed by atoms with van der Waals surface area (Å²) < 4.78 is 0. The third-order valence-electron chi connectivity index (χ3n) is 1.43. The zero-order valence-electron chi connectivity index (χ0n) is 6.57. The van der Waals surface area contributed by atoms with Crippen molar-refractivity contribution in [2.24, 2.45) is 0 Å². The predicted molar refractivity (Wildman–Crippen MR) is 45.8 cm³/mol. The first-order valence-electron chi connectivity index (χ1n) is 3.40. The van der Waals surface area contributed by atoms with E-state index in [1.807, 2.05) is 6.92 Å². The molecule has 0 radical (unpaired) electrons. The molecule has 11 heavy (non-hydrogen) atoms. The summed E-state index contributed by atoms with van der Waals surface area (Å²) in [5, 5.41) is 0.900. The fourth-order valence-electron chi connectivity index (χ4n) is 0.735. The summed E-state index contributed by atoms with van der Waals surface area (Å²) in [5.41, 5.74) is 1.72. The molecule has 0 fully saturated rings. The van der Waals surface area contributed by atoms with E-state index < -0.39 is 0 Å². The zero-order valence-corrected chi connectivity index (χ0v) is 7.39. The third kappa shape index (κ3) is 1.77. The Morgan fingerprint density at radius 1 is 1.82 bits per heavy atom. The number of rotatable bonds is 2. The Balaban J connectivity index is 2.70. The lowest BCUT2D eigenvalue weighted by Gasteiger charge is -2.12. The zero-order chi connectivity index (χ0) is 8.27. The van der Waals surface area contributed by atoms with E-state index in [-0.39, 0.29) is 5.91 Å². The maximum atomic E-state index is 11.1. The standard InChI is InChI=1S/C7H10N2OS/c1-3-6(10)9(2)7-4-8-5-11-7/h4-5H,3H2,1-2H3. The topological polar surface area (TPSA) is 33.2 Å². The van der Waals surface area contributed by atoms with Gasteiger partial charge in [-0.05, 0) is 0 Å². The molecule has 1 aromatic rings. The van der Waals surface area contributed by atoms with Gasteiger partial charge in [-0.2, -0.15) is 0 Å². The molecule has 0 aliphatic carbocycles. The van der Waals surface area contributed by atoms with Gasteiger partial charge in [0, 0.05) is 13.5 Å². The second-order valence-electron chi connectivity index (χ2n) is 2.15. The lowest BCUT2D eigenvalue weighted by atomic mass is 10.4. The molecule has 0 spiro atoms. The minimum Gasteiger partial charge on any atom is -0.306 e. The van der Waals surface area contributed by atoms with Gasteiger partial charge < -0.3 is 4.90 Å². The Kier molecular flexibility index (Phi) is 2.59. The Hall–Kier alpha value is -0.900. The molecule has 0 aliphatic heterocycles. The van der Waals surface area contributed by atoms with Crippen molar-refractivity contribution in [2.45, 2.75) is 13.3 Å². The number of anilines is 1. The number of thiazole rings is 1. The molecule has 1 aromatic heterocycles. The first-order chi connectivity index (χ1) is 5.25. The van der Waals surface area contributed by atoms with Crippen LogP contribution >= 0.6 is 11.3 Å². The van der Waals surface area contributed by atoms with E-state index in [9.17, 15) is 4.79 Å². The summed E-state index contributed by atoms with van der Waals surface area (Å²) in [6.45, 7) is 1.85. The molecule has 1 rings (SSSR count). The Morgan fingerprint density at radius 2 is 2.55 bits per heavy atom. The molecule has 0 saturated carbocycles. The van der Waals surface area contributed by atoms with Gasteiger partial charge in [-0.25, -0.2) is 0 Å². The minimum absolute atomic E-state index is 0.120. The molecule has 0 aromatic carbocycles. The van der Waals surface area contributed by atoms with Gasteiger partial charge in [-0.1, -0.05) is 6.92 Å². The predicted octanol–water partition coefficient (Wildman–Crippen LogP) is 1.52. The Morgan fingerprint density at radius 3 is 3.00 bits per heavy atom. The van der Waals surface area contributed by atoms with Gasteiger partial charge in [0.2, 0.25) is 5.91 Å². The summed E-state index contributed by atoms with van der Waals surface area (Å²) in [7, 11) is 1.76. The van der Waals surface area contributed by atoms with Gasteiger partial charge in [0.05, 0.1) is 11.7 Å². The lowest BCUT2D eigenvalue weighted by Crippen LogP contribution is -2.23. The van der Waals surface area contributed by atoms with E-state index in [0.717, 1.165) is 5.00 Å². The van der Waals surface area contributed by atoms with Crippen LogP contribution < -0.4 is 4.90 Å². The minimum atomic E-state index is 0.120. The molecular formula is C7H10N2OS. The van der Waals surface area contributed by atoms with Gasteiger partial charge in [-0.3, -0.25) is 9.78 Å². The normalized spacial score (nSPS) is 9.64. The molecule has 60 valence electrons. The second kappa shape index (κ2) is 3.48. The van der Waals surface area contributed by atoms with Crippen molar-refractivity contribution in [3.05, 3.63) is 11.7 Å². The van der Waals surface area contributed by atoms with Gasteiger partial charge in [0.1, 0.15) is 5.00 Å². The second-order valence-corrected chi connectivity index (χ2v) is 3.01. The number of nitrogens with zero attached hydrogens (tertiary/aromatic N) is 2. The fourth-order valence-corrected chi connectivity index (χ4v) is 1.35. The van der Waals surface area contributed by atoms with Crippen molar-refractivity contribution < 1.29 is 4.79 Å². The van der Waals surface area contributed by atoms with Crippen molar-refractivity contribution in [1.29, 1.82) is 0 Å². The Bertz CT molecular complexity index is 233. The van der Waals surface area contributed by atoms with E-state index >= 15 is 0 Å². The van der Waals surface area contributed by atoms with E-state index in [1.165, 1.54) is 11.3 Å². The van der Waals surface area contributed by atoms with Gasteiger partial charge in [-0.15, -0.1) is 11.3 Å². The van der Waals surface area contributed by atoms with Crippen LogP contribution in [0.25, 0.3) is 0 Å². The number of aromatic nitrogens is 1. The van der Waals surface area contributed by atoms with Crippen molar-refractivity contribution >= 4 is 22.2 Å². The van der Waals surface area contributed by atoms with Crippen LogP contribution in [0.3, 0.4) is 0 Å². The van der Waals surface area contributed by atoms with Crippen molar-refractivity contribution in [3.8, 4) is 0 Å². The molecule has 0 aliphatic rings. The highest BCUT2D eigenvalue weighted by Gasteiger charge is 2.08. The molecule has 0 saturated heterocycles. The highest BCUT2D eigenvalue weighted by molar-refractivity contribution is 7.14. The van der Waals surface area contributed by atoms with Crippen LogP contribution in [0, 0.1) is 0 Å². The molecular weight excluding hydrogens is 160 g/mol. The molecule has 3 nitrogen and oxygen atoms in total. The highest BCUT2D eigenvalue weighted by atomic mass is 32.1. The summed E-state index contributed by atoms with van der Waals surface area (Å²) in [4.78, 5) is 16.6. The van der Waals surface area contributed by atoms with Gasteiger partial charge in [0.15, 0.2) is 0 Å². The molecule has 0 bridgehead atoms. The van der Waals surface area contributed by atoms with Crippen LogP contribution in [0.1, 0.15) is 13.3 Å². The maximum absolute atomic E-state index is 11.1. The molecule has 4 heteroatoms. The smallest absolute Gasteiger partial charge is 0.227 e. The monoisotopic (exact) mass is 170 g/mol. The van der Waals surface area contributed by atoms with Crippen LogP contribution in [0.5, 0.6) is 0 Å². The van der Waals surface area contributed by atoms with E-state index in [0.29, 0.717) is 6.42 Å². The highest BCUT2D eigenvalue weighted by Crippen LogP contribution is 2.17. The average molecular weight is 170 g/mol. The van der Waals surface area contributed by atoms with E-state index in [4.69, 9.17) is 0 Å². The van der Waals surface area contributed by atoms with Crippen molar-refractivity contribution in [3.63, 3.8) is 0 Å². The number of amides is 1. The first-order valence-corrected chi connectivity index (χ1v) is 4.28. The summed E-state index contributed by atoms with van der Waals surface area (Å²) in [6, 6.07) is 0. The first kappa shape index (κ1) is 8.20. The van der Waals surface area contributed by atoms with Crippen molar-refractivity contribution in [2.75, 3.05) is 11.9 Å². The average Bonchev–Trinajstić information content (AvgIpc) is 2.53. The van der Waals surface area contributed by atoms with Crippen LogP contribution in [0.15, 0.2) is 11.7 Å². The van der Waals surface area contributed by atoms with Crippen LogP contribution in [-0.4, -0.2) is 17.9 Å². The number of hydrogen-bond donors (Lipinski definition) is 0. The van der Waals surface area contributed by atoms with Crippen LogP contribution in [-0.2, 0) is 4.79 Å². The van der Waals surface area contributed by atoms with E-state index in [2.05, 4.69) is 4.98 Å². The number of carbonyl (C=O) groups is 1. The summed E-state index contributed by atoms with van der Waals surface area (Å²) in [5.74, 6) is 0.120. The van der Waals surface area contributed by atoms with Crippen molar-refractivity contribution in [1.82, 2.24) is 4.98 Å².